The van der Waals surface area contributed by atoms with E-state index >= 15 is 0 Å². The van der Waals surface area contributed by atoms with E-state index in [2.05, 4.69) is 43.0 Å². The Kier molecular flexibility index (Phi) is 6.77. The summed E-state index contributed by atoms with van der Waals surface area (Å²) in [5, 5.41) is 1.53. The normalized spacial score (nSPS) is 13.9. The molecule has 0 spiro atoms. The lowest BCUT2D eigenvalue weighted by molar-refractivity contribution is 0.272. The standard InChI is InChI=1S/C27H29N3O2S2/c1-4-29-15-14-22-23(16-29)34-25-24(22)26(31)30(20-10-12-21(13-11-20)32-5-2)27(28-25)33-17-19-8-6-18(3)7-9-19/h6-13H,4-5,14-17H2,1-3H3. The monoisotopic (exact) mass is 491 g/mol. The summed E-state index contributed by atoms with van der Waals surface area (Å²) in [5.41, 5.74) is 4.50. The molecule has 0 fully saturated rings. The molecule has 0 saturated heterocycles. The smallest absolute Gasteiger partial charge is 0.267 e. The molecule has 1 aliphatic heterocycles. The molecule has 0 bridgehead atoms. The molecule has 0 unspecified atom stereocenters. The van der Waals surface area contributed by atoms with E-state index in [9.17, 15) is 4.79 Å². The Morgan fingerprint density at radius 1 is 1.09 bits per heavy atom. The zero-order valence-electron chi connectivity index (χ0n) is 19.8. The predicted molar refractivity (Wildman–Crippen MR) is 142 cm³/mol. The van der Waals surface area contributed by atoms with Gasteiger partial charge in [-0.15, -0.1) is 11.3 Å². The van der Waals surface area contributed by atoms with Crippen molar-refractivity contribution in [3.05, 3.63) is 80.5 Å². The number of nitrogens with zero attached hydrogens (tertiary/aromatic N) is 3. The summed E-state index contributed by atoms with van der Waals surface area (Å²) >= 11 is 3.30. The first-order valence-corrected chi connectivity index (χ1v) is 13.6. The van der Waals surface area contributed by atoms with Crippen molar-refractivity contribution in [3.8, 4) is 11.4 Å². The molecule has 4 aromatic rings. The van der Waals surface area contributed by atoms with E-state index in [0.717, 1.165) is 58.6 Å². The largest absolute Gasteiger partial charge is 0.494 e. The lowest BCUT2D eigenvalue weighted by Gasteiger charge is -2.25. The molecule has 0 radical (unpaired) electrons. The van der Waals surface area contributed by atoms with Gasteiger partial charge >= 0.3 is 0 Å². The Bertz CT molecular complexity index is 1360. The van der Waals surface area contributed by atoms with Crippen LogP contribution in [0.2, 0.25) is 0 Å². The quantitative estimate of drug-likeness (QED) is 0.241. The van der Waals surface area contributed by atoms with Gasteiger partial charge in [0.15, 0.2) is 5.16 Å². The number of ether oxygens (including phenoxy) is 1. The molecule has 3 heterocycles. The van der Waals surface area contributed by atoms with Gasteiger partial charge in [0.2, 0.25) is 0 Å². The lowest BCUT2D eigenvalue weighted by Crippen LogP contribution is -2.30. The summed E-state index contributed by atoms with van der Waals surface area (Å²) in [6.45, 7) is 9.78. The highest BCUT2D eigenvalue weighted by atomic mass is 32.2. The lowest BCUT2D eigenvalue weighted by atomic mass is 10.1. The molecule has 34 heavy (non-hydrogen) atoms. The molecular weight excluding hydrogens is 462 g/mol. The highest BCUT2D eigenvalue weighted by molar-refractivity contribution is 7.98. The van der Waals surface area contributed by atoms with Crippen molar-refractivity contribution in [2.75, 3.05) is 19.7 Å². The topological polar surface area (TPSA) is 47.4 Å². The van der Waals surface area contributed by atoms with Gasteiger partial charge in [0.25, 0.3) is 5.56 Å². The summed E-state index contributed by atoms with van der Waals surface area (Å²) in [6, 6.07) is 16.3. The molecule has 176 valence electrons. The summed E-state index contributed by atoms with van der Waals surface area (Å²) < 4.78 is 7.40. The van der Waals surface area contributed by atoms with Crippen LogP contribution in [0.5, 0.6) is 5.75 Å². The molecule has 2 aromatic carbocycles. The van der Waals surface area contributed by atoms with Crippen LogP contribution in [-0.2, 0) is 18.7 Å². The molecular formula is C27H29N3O2S2. The first-order chi connectivity index (χ1) is 16.6. The number of aryl methyl sites for hydroxylation is 1. The van der Waals surface area contributed by atoms with Crippen molar-refractivity contribution in [2.45, 2.75) is 44.6 Å². The fourth-order valence-corrected chi connectivity index (χ4v) is 6.63. The number of aromatic nitrogens is 2. The Balaban J connectivity index is 1.61. The van der Waals surface area contributed by atoms with Gasteiger partial charge < -0.3 is 4.74 Å². The summed E-state index contributed by atoms with van der Waals surface area (Å²) in [4.78, 5) is 23.6. The van der Waals surface area contributed by atoms with Gasteiger partial charge in [0, 0.05) is 23.7 Å². The minimum Gasteiger partial charge on any atom is -0.494 e. The number of thioether (sulfide) groups is 1. The van der Waals surface area contributed by atoms with Crippen molar-refractivity contribution in [2.24, 2.45) is 0 Å². The Morgan fingerprint density at radius 2 is 1.85 bits per heavy atom. The summed E-state index contributed by atoms with van der Waals surface area (Å²) in [6.07, 6.45) is 0.902. The molecule has 7 heteroatoms. The zero-order valence-corrected chi connectivity index (χ0v) is 21.5. The molecule has 0 aliphatic carbocycles. The van der Waals surface area contributed by atoms with Crippen LogP contribution in [0.4, 0.5) is 0 Å². The fraction of sp³-hybridized carbons (Fsp3) is 0.333. The van der Waals surface area contributed by atoms with E-state index in [-0.39, 0.29) is 5.56 Å². The van der Waals surface area contributed by atoms with Gasteiger partial charge in [-0.1, -0.05) is 48.5 Å². The highest BCUT2D eigenvalue weighted by Crippen LogP contribution is 2.35. The van der Waals surface area contributed by atoms with Gasteiger partial charge in [-0.2, -0.15) is 0 Å². The minimum atomic E-state index is 0.0306. The molecule has 5 nitrogen and oxygen atoms in total. The van der Waals surface area contributed by atoms with E-state index in [1.54, 1.807) is 27.7 Å². The van der Waals surface area contributed by atoms with Gasteiger partial charge in [0.05, 0.1) is 17.7 Å². The van der Waals surface area contributed by atoms with Crippen LogP contribution >= 0.6 is 23.1 Å². The van der Waals surface area contributed by atoms with Crippen LogP contribution in [0.1, 0.15) is 35.4 Å². The summed E-state index contributed by atoms with van der Waals surface area (Å²) in [5.74, 6) is 1.55. The number of likely N-dealkylation sites (N-methyl/N-ethyl adjacent to an activating group) is 1. The van der Waals surface area contributed by atoms with E-state index in [0.29, 0.717) is 6.61 Å². The van der Waals surface area contributed by atoms with Crippen LogP contribution in [0.3, 0.4) is 0 Å². The van der Waals surface area contributed by atoms with Gasteiger partial charge in [-0.05, 0) is 62.2 Å². The van der Waals surface area contributed by atoms with Gasteiger partial charge in [-0.25, -0.2) is 4.98 Å². The second-order valence-corrected chi connectivity index (χ2v) is 10.6. The minimum absolute atomic E-state index is 0.0306. The van der Waals surface area contributed by atoms with Crippen LogP contribution < -0.4 is 10.3 Å². The third-order valence-electron chi connectivity index (χ3n) is 6.26. The third-order valence-corrected chi connectivity index (χ3v) is 8.38. The van der Waals surface area contributed by atoms with Crippen molar-refractivity contribution >= 4 is 33.3 Å². The second-order valence-electron chi connectivity index (χ2n) is 8.54. The average Bonchev–Trinajstić information content (AvgIpc) is 3.22. The number of hydrogen-bond acceptors (Lipinski definition) is 6. The summed E-state index contributed by atoms with van der Waals surface area (Å²) in [7, 11) is 0. The average molecular weight is 492 g/mol. The molecule has 2 aromatic heterocycles. The van der Waals surface area contributed by atoms with E-state index < -0.39 is 0 Å². The number of thiophene rings is 1. The first-order valence-electron chi connectivity index (χ1n) is 11.8. The first kappa shape index (κ1) is 23.1. The maximum Gasteiger partial charge on any atom is 0.267 e. The zero-order chi connectivity index (χ0) is 23.7. The van der Waals surface area contributed by atoms with Gasteiger partial charge in [0.1, 0.15) is 10.6 Å². The van der Waals surface area contributed by atoms with Crippen molar-refractivity contribution in [1.29, 1.82) is 0 Å². The molecule has 0 atom stereocenters. The maximum atomic E-state index is 14.0. The Hall–Kier alpha value is -2.61. The predicted octanol–water partition coefficient (Wildman–Crippen LogP) is 5.82. The molecule has 0 saturated carbocycles. The second kappa shape index (κ2) is 9.94. The van der Waals surface area contributed by atoms with Crippen molar-refractivity contribution in [3.63, 3.8) is 0 Å². The SMILES string of the molecule is CCOc1ccc(-n2c(SCc3ccc(C)cc3)nc3sc4c(c3c2=O)CCN(CC)C4)cc1. The number of rotatable bonds is 7. The van der Waals surface area contributed by atoms with Crippen LogP contribution in [0, 0.1) is 6.92 Å². The molecule has 0 amide bonds. The third kappa shape index (κ3) is 4.52. The van der Waals surface area contributed by atoms with Crippen molar-refractivity contribution in [1.82, 2.24) is 14.5 Å². The number of fused-ring (bicyclic) bond motifs is 3. The number of hydrogen-bond donors (Lipinski definition) is 0. The van der Waals surface area contributed by atoms with Crippen LogP contribution in [-0.4, -0.2) is 34.1 Å². The molecule has 0 N–H and O–H groups in total. The van der Waals surface area contributed by atoms with Crippen LogP contribution in [0.15, 0.2) is 58.5 Å². The maximum absolute atomic E-state index is 14.0. The fourth-order valence-electron chi connectivity index (χ4n) is 4.36. The van der Waals surface area contributed by atoms with Crippen molar-refractivity contribution < 1.29 is 4.74 Å². The van der Waals surface area contributed by atoms with E-state index in [1.807, 2.05) is 31.2 Å². The van der Waals surface area contributed by atoms with Gasteiger partial charge in [-0.3, -0.25) is 14.3 Å². The Morgan fingerprint density at radius 3 is 2.56 bits per heavy atom. The van der Waals surface area contributed by atoms with E-state index in [1.165, 1.54) is 21.6 Å². The number of benzene rings is 2. The Labute approximate surface area is 208 Å². The molecule has 1 aliphatic rings. The molecule has 5 rings (SSSR count). The van der Waals surface area contributed by atoms with Crippen LogP contribution in [0.25, 0.3) is 15.9 Å². The highest BCUT2D eigenvalue weighted by Gasteiger charge is 2.25. The van der Waals surface area contributed by atoms with E-state index in [4.69, 9.17) is 9.72 Å².